The number of nitrogens with one attached hydrogen (secondary N) is 13. The number of aromatic nitrogens is 15. The van der Waals surface area contributed by atoms with Crippen LogP contribution in [0.4, 0.5) is 34.3 Å². The van der Waals surface area contributed by atoms with Gasteiger partial charge in [-0.25, -0.2) is 44.3 Å². The van der Waals surface area contributed by atoms with Gasteiger partial charge in [-0.05, 0) is 146 Å². The Bertz CT molecular complexity index is 7000. The molecule has 0 atom stereocenters. The summed E-state index contributed by atoms with van der Waals surface area (Å²) < 4.78 is 14.9. The minimum Gasteiger partial charge on any atom is -0.463 e. The molecule has 13 N–H and O–H groups in total. The number of benzene rings is 9. The summed E-state index contributed by atoms with van der Waals surface area (Å²) >= 11 is 0. The molecule has 11 heterocycles. The van der Waals surface area contributed by atoms with Crippen LogP contribution in [0.1, 0.15) is 71.6 Å². The molecule has 9 aromatic carbocycles. The van der Waals surface area contributed by atoms with Crippen LogP contribution in [0.2, 0.25) is 0 Å². The Morgan fingerprint density at radius 2 is 0.949 bits per heavy atom. The van der Waals surface area contributed by atoms with E-state index < -0.39 is 5.97 Å². The summed E-state index contributed by atoms with van der Waals surface area (Å²) in [4.78, 5) is 108. The van der Waals surface area contributed by atoms with Gasteiger partial charge in [-0.2, -0.15) is 0 Å². The largest absolute Gasteiger partial charge is 0.463 e. The standard InChI is InChI=1S/C19H20N6O.2C18H17N5O2.C17H14N4O2.C15H12N4/c1-10(2)18-24-14-7-12(19(26)20-4)5-6-16(14)25(18)13-8-15-17(21-9-13)23-11(3)22-15;1-19-17(24)9-8-16-20-13-4-2-3-5-15(13)23(16)11-6-7-12-14(10-11)22-18(25)21-12;1-11(24)19-9-8-17-20-14-4-2-3-5-16(14)23(17)12-6-7-13-15(10-12)22-18(25)21-13;1-10-18-12-8-7-11(9-14(12)19-10)21-15-6-4-3-5-13(15)20-16(21)17(22)23-2;1-10-17-12-7-6-11(8-14(12)18-10)19-9-16-13-4-2-3-5-15(13)19/h5-10,22H,3H2,1-2,4H3,(H,20,26)(H,21,23);2*2-7,10H,8-9H2,1H3,(H,19,24)(H2,21,22,25);3-9,18-19H,1H2,2H3;2-9,17-18H,1H2. The van der Waals surface area contributed by atoms with E-state index in [1.54, 1.807) is 18.7 Å². The Balaban J connectivity index is 0.000000111. The van der Waals surface area contributed by atoms with Crippen molar-refractivity contribution in [3.63, 3.8) is 0 Å². The quantitative estimate of drug-likeness (QED) is 0.0450. The number of rotatable bonds is 14. The van der Waals surface area contributed by atoms with E-state index in [2.05, 4.69) is 153 Å². The van der Waals surface area contributed by atoms with Crippen LogP contribution in [-0.4, -0.2) is 124 Å². The van der Waals surface area contributed by atoms with E-state index in [0.29, 0.717) is 37.2 Å². The predicted molar refractivity (Wildman–Crippen MR) is 461 cm³/mol. The van der Waals surface area contributed by atoms with Crippen molar-refractivity contribution in [1.29, 1.82) is 0 Å². The number of para-hydroxylation sites is 8. The molecule has 3 aliphatic heterocycles. The zero-order valence-electron chi connectivity index (χ0n) is 64.9. The van der Waals surface area contributed by atoms with Crippen molar-refractivity contribution in [1.82, 2.24) is 88.6 Å². The molecule has 0 radical (unpaired) electrons. The molecule has 0 spiro atoms. The van der Waals surface area contributed by atoms with Crippen LogP contribution in [0.15, 0.2) is 253 Å². The van der Waals surface area contributed by atoms with Crippen molar-refractivity contribution in [2.24, 2.45) is 0 Å². The van der Waals surface area contributed by atoms with Crippen molar-refractivity contribution in [2.45, 2.75) is 46.0 Å². The highest BCUT2D eigenvalue weighted by atomic mass is 16.5. The van der Waals surface area contributed by atoms with Crippen LogP contribution in [0.5, 0.6) is 0 Å². The molecule has 3 amide bonds. The topological polar surface area (TPSA) is 385 Å². The van der Waals surface area contributed by atoms with Gasteiger partial charge in [0.05, 0.1) is 130 Å². The van der Waals surface area contributed by atoms with Gasteiger partial charge in [-0.15, -0.1) is 0 Å². The van der Waals surface area contributed by atoms with Crippen LogP contribution >= 0.6 is 0 Å². The minimum atomic E-state index is -0.475. The molecule has 590 valence electrons. The molecule has 31 heteroatoms. The maximum Gasteiger partial charge on any atom is 0.374 e. The number of nitrogens with zero attached hydrogens (tertiary/aromatic N) is 11. The summed E-state index contributed by atoms with van der Waals surface area (Å²) in [7, 11) is 4.60. The predicted octanol–water partition coefficient (Wildman–Crippen LogP) is 13.4. The summed E-state index contributed by atoms with van der Waals surface area (Å²) in [5.41, 5.74) is 21.7. The Morgan fingerprint density at radius 1 is 0.458 bits per heavy atom. The van der Waals surface area contributed by atoms with E-state index in [-0.39, 0.29) is 40.8 Å². The zero-order chi connectivity index (χ0) is 82.0. The highest BCUT2D eigenvalue weighted by Crippen LogP contribution is 2.37. The third-order valence-electron chi connectivity index (χ3n) is 19.8. The van der Waals surface area contributed by atoms with E-state index >= 15 is 0 Å². The van der Waals surface area contributed by atoms with Gasteiger partial charge < -0.3 is 72.5 Å². The second-order valence-electron chi connectivity index (χ2n) is 28.1. The van der Waals surface area contributed by atoms with E-state index in [9.17, 15) is 28.8 Å². The number of ether oxygens (including phenoxy) is 1. The summed E-state index contributed by atoms with van der Waals surface area (Å²) in [5.74, 6) is 5.35. The average Bonchev–Trinajstić information content (AvgIpc) is 1.63. The van der Waals surface area contributed by atoms with Gasteiger partial charge in [0.2, 0.25) is 17.6 Å². The smallest absolute Gasteiger partial charge is 0.374 e. The number of hydrogen-bond acceptors (Lipinski definition) is 19. The summed E-state index contributed by atoms with van der Waals surface area (Å²) in [6.45, 7) is 17.8. The molecular weight excluding hydrogens is 1490 g/mol. The lowest BCUT2D eigenvalue weighted by atomic mass is 10.2. The molecule has 20 rings (SSSR count). The number of anilines is 6. The molecular formula is C87H80N24O7. The first-order chi connectivity index (χ1) is 57.2. The van der Waals surface area contributed by atoms with Crippen molar-refractivity contribution >= 4 is 135 Å². The summed E-state index contributed by atoms with van der Waals surface area (Å²) in [5, 5.41) is 27.0. The lowest BCUT2D eigenvalue weighted by Gasteiger charge is -2.12. The number of aryl methyl sites for hydroxylation is 1. The lowest BCUT2D eigenvalue weighted by Crippen LogP contribution is -2.23. The third-order valence-corrected chi connectivity index (χ3v) is 19.8. The van der Waals surface area contributed by atoms with Gasteiger partial charge in [0.1, 0.15) is 41.3 Å². The van der Waals surface area contributed by atoms with Gasteiger partial charge >= 0.3 is 17.3 Å². The maximum absolute atomic E-state index is 12.1. The van der Waals surface area contributed by atoms with Gasteiger partial charge in [0.15, 0.2) is 5.82 Å². The Kier molecular flexibility index (Phi) is 20.7. The molecule has 118 heavy (non-hydrogen) atoms. The number of carbonyl (C=O) groups excluding carboxylic acids is 4. The fraction of sp³-hybridized carbons (Fsp3) is 0.126. The Labute approximate surface area is 672 Å². The van der Waals surface area contributed by atoms with Crippen molar-refractivity contribution in [2.75, 3.05) is 59.7 Å². The first-order valence-corrected chi connectivity index (χ1v) is 37.8. The normalized spacial score (nSPS) is 12.2. The highest BCUT2D eigenvalue weighted by molar-refractivity contribution is 5.98. The molecule has 3 aliphatic rings. The fourth-order valence-corrected chi connectivity index (χ4v) is 14.4. The van der Waals surface area contributed by atoms with Crippen LogP contribution in [-0.2, 0) is 27.2 Å². The van der Waals surface area contributed by atoms with Crippen molar-refractivity contribution in [3.8, 4) is 28.4 Å². The zero-order valence-corrected chi connectivity index (χ0v) is 64.9. The molecule has 0 saturated heterocycles. The molecule has 0 fully saturated rings. The molecule has 17 aromatic rings. The monoisotopic (exact) mass is 1570 g/mol. The number of pyridine rings is 1. The molecule has 0 unspecified atom stereocenters. The van der Waals surface area contributed by atoms with E-state index in [1.807, 2.05) is 193 Å². The minimum absolute atomic E-state index is 0.0241. The second kappa shape index (κ2) is 32.2. The summed E-state index contributed by atoms with van der Waals surface area (Å²) in [6, 6.07) is 62.5. The van der Waals surface area contributed by atoms with Crippen molar-refractivity contribution < 1.29 is 23.9 Å². The van der Waals surface area contributed by atoms with Gasteiger partial charge in [0, 0.05) is 75.4 Å². The Morgan fingerprint density at radius 3 is 1.53 bits per heavy atom. The van der Waals surface area contributed by atoms with Gasteiger partial charge in [-0.1, -0.05) is 82.1 Å². The molecule has 8 aromatic heterocycles. The number of esters is 1. The van der Waals surface area contributed by atoms with Gasteiger partial charge in [0.25, 0.3) is 5.91 Å². The lowest BCUT2D eigenvalue weighted by molar-refractivity contribution is -0.120. The molecule has 0 bridgehead atoms. The molecule has 0 saturated carbocycles. The first-order valence-electron chi connectivity index (χ1n) is 37.8. The van der Waals surface area contributed by atoms with Crippen LogP contribution < -0.4 is 59.2 Å². The van der Waals surface area contributed by atoms with Gasteiger partial charge in [-0.3, -0.25) is 37.2 Å². The first kappa shape index (κ1) is 75.9. The number of fused-ring (bicyclic) bond motifs is 10. The van der Waals surface area contributed by atoms with Crippen LogP contribution in [0, 0.1) is 0 Å². The number of carbonyl (C=O) groups is 4. The highest BCUT2D eigenvalue weighted by Gasteiger charge is 2.25. The third kappa shape index (κ3) is 15.4. The summed E-state index contributed by atoms with van der Waals surface area (Å²) in [6.07, 6.45) is 5.16. The van der Waals surface area contributed by atoms with Crippen molar-refractivity contribution in [3.05, 3.63) is 294 Å². The van der Waals surface area contributed by atoms with E-state index in [1.165, 1.54) is 14.0 Å². The SMILES string of the molecule is C=C1Nc2cc(-n3c(C(C)C)nc4cc(C(=O)NC)ccc43)cnc2N1.C=C1Nc2ccc(-n3c(C(=O)OC)nc4ccccc43)cc2N1.C=C1Nc2ccc(-n3cnc4ccccc43)cc2N1.CC(=O)NCCc1nc2ccccc2n1-c1ccc2[nH]c(=O)[nH]c2c1.CNC(=O)CCc1nc2ccccc2n1-c1ccc2[nH]c(=O)[nH]c2c1. The number of methoxy groups -OCH3 is 1. The fourth-order valence-electron chi connectivity index (χ4n) is 14.4. The van der Waals surface area contributed by atoms with E-state index in [0.717, 1.165) is 169 Å². The molecule has 0 aliphatic carbocycles. The maximum atomic E-state index is 12.1. The van der Waals surface area contributed by atoms with Crippen LogP contribution in [0.3, 0.4) is 0 Å². The number of H-pyrrole nitrogens is 4. The number of imidazole rings is 7. The number of hydrogen-bond donors (Lipinski definition) is 13. The van der Waals surface area contributed by atoms with Crippen LogP contribution in [0.25, 0.3) is 106 Å². The number of aromatic amines is 4. The van der Waals surface area contributed by atoms with E-state index in [4.69, 9.17) is 14.7 Å². The number of amides is 3. The average molecular weight is 1570 g/mol. The molecule has 31 nitrogen and oxygen atoms in total. The second-order valence-corrected chi connectivity index (χ2v) is 28.1. The Hall–Kier alpha value is -16.1.